The fourth-order valence-electron chi connectivity index (χ4n) is 7.05. The van der Waals surface area contributed by atoms with Crippen LogP contribution < -0.4 is 27.0 Å². The predicted octanol–water partition coefficient (Wildman–Crippen LogP) is 2.75. The topological polar surface area (TPSA) is 189 Å². The molecule has 4 rings (SSSR count). The molecular weight excluding hydrogens is 640 g/mol. The third kappa shape index (κ3) is 9.85. The van der Waals surface area contributed by atoms with E-state index in [4.69, 9.17) is 10.5 Å². The Morgan fingerprint density at radius 3 is 2.08 bits per heavy atom. The molecule has 274 valence electrons. The number of likely N-dealkylation sites (tertiary alicyclic amines) is 1. The molecule has 1 aromatic rings. The summed E-state index contributed by atoms with van der Waals surface area (Å²) in [6.45, 7) is 13.4. The molecule has 2 fully saturated rings. The number of urea groups is 1. The first-order chi connectivity index (χ1) is 23.6. The van der Waals surface area contributed by atoms with E-state index in [2.05, 4.69) is 27.8 Å². The Hall–Kier alpha value is -4.42. The highest BCUT2D eigenvalue weighted by Gasteiger charge is 2.46. The Balaban J connectivity index is 1.56. The number of hydrogen-bond acceptors (Lipinski definition) is 7. The molecule has 0 aromatic heterocycles. The lowest BCUT2D eigenvalue weighted by atomic mass is 9.80. The lowest BCUT2D eigenvalue weighted by molar-refractivity contribution is -0.143. The molecule has 6 amide bonds. The van der Waals surface area contributed by atoms with Crippen LogP contribution in [0, 0.1) is 23.7 Å². The third-order valence-electron chi connectivity index (χ3n) is 10.3. The number of ether oxygens (including phenoxy) is 1. The highest BCUT2D eigenvalue weighted by Crippen LogP contribution is 2.34. The Kier molecular flexibility index (Phi) is 13.0. The van der Waals surface area contributed by atoms with Crippen LogP contribution in [0.3, 0.4) is 0 Å². The van der Waals surface area contributed by atoms with Gasteiger partial charge in [0.1, 0.15) is 18.7 Å². The molecule has 5 atom stereocenters. The lowest BCUT2D eigenvalue weighted by Crippen LogP contribution is -2.59. The predicted molar refractivity (Wildman–Crippen MR) is 188 cm³/mol. The molecule has 1 aliphatic heterocycles. The van der Waals surface area contributed by atoms with Crippen LogP contribution in [0.4, 0.5) is 9.59 Å². The average molecular weight is 695 g/mol. The fourth-order valence-corrected chi connectivity index (χ4v) is 7.05. The van der Waals surface area contributed by atoms with Gasteiger partial charge < -0.3 is 36.6 Å². The number of hydrogen-bond donors (Lipinski definition) is 5. The van der Waals surface area contributed by atoms with Gasteiger partial charge in [-0.05, 0) is 81.3 Å². The van der Waals surface area contributed by atoms with Crippen LogP contribution in [-0.2, 0) is 36.8 Å². The number of benzene rings is 1. The van der Waals surface area contributed by atoms with Crippen LogP contribution in [-0.4, -0.2) is 83.9 Å². The highest BCUT2D eigenvalue weighted by molar-refractivity contribution is 6.37. The molecule has 1 heterocycles. The van der Waals surface area contributed by atoms with E-state index in [0.717, 1.165) is 30.4 Å². The van der Waals surface area contributed by atoms with Gasteiger partial charge in [0.25, 0.3) is 5.91 Å². The van der Waals surface area contributed by atoms with Crippen molar-refractivity contribution in [3.05, 3.63) is 47.5 Å². The summed E-state index contributed by atoms with van der Waals surface area (Å²) in [6.07, 6.45) is 3.99. The summed E-state index contributed by atoms with van der Waals surface area (Å²) >= 11 is 0. The monoisotopic (exact) mass is 694 g/mol. The zero-order chi connectivity index (χ0) is 36.7. The van der Waals surface area contributed by atoms with Crippen molar-refractivity contribution in [2.45, 2.75) is 110 Å². The summed E-state index contributed by atoms with van der Waals surface area (Å²) in [7, 11) is 0. The minimum Gasteiger partial charge on any atom is -0.447 e. The molecular formula is C37H54N6O7. The molecule has 13 heteroatoms. The standard InChI is InChI=1S/C37H54N6O7/c1-20(2)27-17-30(34(46)40-28(32(44)33(38)45)14-23-10-9-11-23)43(18-27)35(47)31(26-15-24-12-7-8-13-25(24)16-26)42-36(48)41-29(21(3)4)19-50-37(49)39-22(5)6/h7-8,12-13,20,22-23,26-31H,3,9-11,14-19H2,1-2,4-6H3,(H2,38,45)(H,39,49)(H,40,46)(H2,41,42,48)/t27?,28?,29-,30+,31+/m1/s1. The largest absolute Gasteiger partial charge is 0.447 e. The number of alkyl carbamates (subject to hydrolysis) is 1. The van der Waals surface area contributed by atoms with Crippen molar-refractivity contribution >= 4 is 35.6 Å². The maximum atomic E-state index is 14.7. The SMILES string of the molecule is C=C(C)[C@@H](COC(=O)NC(C)C)NC(=O)N[C@H](C(=O)N1CC(C(C)C)C[C@H]1C(=O)NC(CC1CCC1)C(=O)C(N)=O)C1Cc2ccccc2C1. The highest BCUT2D eigenvalue weighted by atomic mass is 16.5. The fraction of sp³-hybridized carbons (Fsp3) is 0.622. The van der Waals surface area contributed by atoms with Gasteiger partial charge in [0, 0.05) is 12.6 Å². The van der Waals surface area contributed by atoms with Crippen LogP contribution in [0.2, 0.25) is 0 Å². The summed E-state index contributed by atoms with van der Waals surface area (Å²) < 4.78 is 5.30. The molecule has 1 aromatic carbocycles. The minimum atomic E-state index is -1.11. The Morgan fingerprint density at radius 2 is 1.56 bits per heavy atom. The molecule has 1 saturated carbocycles. The number of Topliss-reactive ketones (excluding diaryl/α,β-unsaturated/α-hetero) is 1. The number of rotatable bonds is 15. The van der Waals surface area contributed by atoms with Crippen molar-refractivity contribution < 1.29 is 33.5 Å². The van der Waals surface area contributed by atoms with Crippen molar-refractivity contribution in [2.75, 3.05) is 13.2 Å². The first-order valence-corrected chi connectivity index (χ1v) is 17.8. The quantitative estimate of drug-likeness (QED) is 0.138. The van der Waals surface area contributed by atoms with Gasteiger partial charge in [0.2, 0.25) is 17.6 Å². The summed E-state index contributed by atoms with van der Waals surface area (Å²) in [6, 6.07) is 3.41. The summed E-state index contributed by atoms with van der Waals surface area (Å²) in [5, 5.41) is 11.1. The van der Waals surface area contributed by atoms with E-state index in [1.165, 1.54) is 4.90 Å². The van der Waals surface area contributed by atoms with Crippen LogP contribution in [0.15, 0.2) is 36.4 Å². The second kappa shape index (κ2) is 17.0. The number of nitrogens with one attached hydrogen (secondary N) is 4. The summed E-state index contributed by atoms with van der Waals surface area (Å²) in [5.74, 6) is -2.83. The molecule has 13 nitrogen and oxygen atoms in total. The van der Waals surface area contributed by atoms with Gasteiger partial charge in [-0.1, -0.05) is 69.5 Å². The van der Waals surface area contributed by atoms with E-state index in [1.807, 2.05) is 38.1 Å². The van der Waals surface area contributed by atoms with Crippen molar-refractivity contribution in [3.63, 3.8) is 0 Å². The smallest absolute Gasteiger partial charge is 0.407 e. The molecule has 2 aliphatic carbocycles. The van der Waals surface area contributed by atoms with Crippen LogP contribution in [0.5, 0.6) is 0 Å². The zero-order valence-electron chi connectivity index (χ0n) is 30.0. The number of amides is 6. The van der Waals surface area contributed by atoms with Crippen LogP contribution in [0.25, 0.3) is 0 Å². The van der Waals surface area contributed by atoms with Gasteiger partial charge in [0.15, 0.2) is 0 Å². The zero-order valence-corrected chi connectivity index (χ0v) is 30.0. The van der Waals surface area contributed by atoms with Gasteiger partial charge >= 0.3 is 12.1 Å². The van der Waals surface area contributed by atoms with E-state index < -0.39 is 59.8 Å². The summed E-state index contributed by atoms with van der Waals surface area (Å²) in [5.41, 5.74) is 8.07. The number of nitrogens with zero attached hydrogens (tertiary/aromatic N) is 1. The van der Waals surface area contributed by atoms with Crippen LogP contribution >= 0.6 is 0 Å². The van der Waals surface area contributed by atoms with Gasteiger partial charge in [-0.2, -0.15) is 0 Å². The Labute approximate surface area is 294 Å². The van der Waals surface area contributed by atoms with E-state index in [0.29, 0.717) is 31.3 Å². The van der Waals surface area contributed by atoms with E-state index in [1.54, 1.807) is 20.8 Å². The third-order valence-corrected chi connectivity index (χ3v) is 10.3. The second-order valence-electron chi connectivity index (χ2n) is 14.9. The van der Waals surface area contributed by atoms with E-state index >= 15 is 0 Å². The number of fused-ring (bicyclic) bond motifs is 1. The van der Waals surface area contributed by atoms with Gasteiger partial charge in [0.05, 0.1) is 12.1 Å². The number of primary amides is 1. The van der Waals surface area contributed by atoms with Gasteiger partial charge in [-0.3, -0.25) is 19.2 Å². The van der Waals surface area contributed by atoms with E-state index in [-0.39, 0.29) is 42.9 Å². The maximum Gasteiger partial charge on any atom is 0.407 e. The normalized spacial score (nSPS) is 20.7. The number of carbonyl (C=O) groups is 6. The van der Waals surface area contributed by atoms with Crippen molar-refractivity contribution in [2.24, 2.45) is 29.4 Å². The maximum absolute atomic E-state index is 14.7. The Bertz CT molecular complexity index is 1430. The molecule has 2 unspecified atom stereocenters. The molecule has 0 bridgehead atoms. The minimum absolute atomic E-state index is 0.0104. The van der Waals surface area contributed by atoms with Gasteiger partial charge in [-0.15, -0.1) is 0 Å². The Morgan fingerprint density at radius 1 is 0.920 bits per heavy atom. The van der Waals surface area contributed by atoms with Crippen LogP contribution in [0.1, 0.15) is 77.8 Å². The first-order valence-electron chi connectivity index (χ1n) is 17.8. The second-order valence-corrected chi connectivity index (χ2v) is 14.9. The average Bonchev–Trinajstić information content (AvgIpc) is 3.67. The molecule has 6 N–H and O–H groups in total. The van der Waals surface area contributed by atoms with Crippen molar-refractivity contribution in [3.8, 4) is 0 Å². The van der Waals surface area contributed by atoms with Crippen molar-refractivity contribution in [1.82, 2.24) is 26.2 Å². The van der Waals surface area contributed by atoms with Crippen molar-refractivity contribution in [1.29, 1.82) is 0 Å². The molecule has 0 radical (unpaired) electrons. The number of ketones is 1. The van der Waals surface area contributed by atoms with E-state index in [9.17, 15) is 28.8 Å². The number of nitrogens with two attached hydrogens (primary N) is 1. The summed E-state index contributed by atoms with van der Waals surface area (Å²) in [4.78, 5) is 80.5. The number of carbonyl (C=O) groups excluding carboxylic acids is 6. The molecule has 1 saturated heterocycles. The molecule has 50 heavy (non-hydrogen) atoms. The molecule has 3 aliphatic rings. The lowest BCUT2D eigenvalue weighted by Gasteiger charge is -2.33. The first kappa shape index (κ1) is 38.4. The van der Waals surface area contributed by atoms with Gasteiger partial charge in [-0.25, -0.2) is 9.59 Å². The molecule has 0 spiro atoms.